The maximum Gasteiger partial charge on any atom is 0.326 e. The summed E-state index contributed by atoms with van der Waals surface area (Å²) in [5, 5.41) is 10.7. The lowest BCUT2D eigenvalue weighted by Crippen LogP contribution is -2.30. The second-order valence-electron chi connectivity index (χ2n) is 6.27. The Morgan fingerprint density at radius 3 is 2.68 bits per heavy atom. The van der Waals surface area contributed by atoms with Crippen molar-refractivity contribution in [2.75, 3.05) is 10.8 Å². The van der Waals surface area contributed by atoms with Gasteiger partial charge in [0.25, 0.3) is 5.91 Å². The third-order valence-corrected chi connectivity index (χ3v) is 5.69. The van der Waals surface area contributed by atoms with Crippen LogP contribution in [0.25, 0.3) is 16.8 Å². The van der Waals surface area contributed by atoms with Crippen LogP contribution in [0.3, 0.4) is 0 Å². The first-order chi connectivity index (χ1) is 11.8. The van der Waals surface area contributed by atoms with Gasteiger partial charge in [0.2, 0.25) is 0 Å². The van der Waals surface area contributed by atoms with E-state index in [0.717, 1.165) is 18.4 Å². The number of fused-ring (bicyclic) bond motifs is 1. The van der Waals surface area contributed by atoms with E-state index >= 15 is 4.39 Å². The van der Waals surface area contributed by atoms with Gasteiger partial charge in [-0.2, -0.15) is 8.42 Å². The van der Waals surface area contributed by atoms with E-state index in [4.69, 9.17) is 0 Å². The molecular weight excluding hydrogens is 347 g/mol. The molecule has 1 saturated carbocycles. The maximum absolute atomic E-state index is 15.0. The average Bonchev–Trinajstić information content (AvgIpc) is 3.31. The van der Waals surface area contributed by atoms with E-state index in [1.807, 2.05) is 6.08 Å². The lowest BCUT2D eigenvalue weighted by Gasteiger charge is -2.18. The number of anilines is 1. The Morgan fingerprint density at radius 2 is 2.04 bits per heavy atom. The first-order valence-electron chi connectivity index (χ1n) is 7.82. The number of nitrogens with one attached hydrogen (secondary N) is 1. The molecule has 4 rings (SSSR count). The van der Waals surface area contributed by atoms with E-state index in [1.54, 1.807) is 22.9 Å². The van der Waals surface area contributed by atoms with Crippen molar-refractivity contribution < 1.29 is 22.7 Å². The molecule has 1 aliphatic carbocycles. The van der Waals surface area contributed by atoms with Crippen molar-refractivity contribution in [1.82, 2.24) is 4.72 Å². The molecule has 1 saturated heterocycles. The molecule has 1 heterocycles. The lowest BCUT2D eigenvalue weighted by atomic mass is 10.0. The Morgan fingerprint density at radius 1 is 1.28 bits per heavy atom. The van der Waals surface area contributed by atoms with Crippen molar-refractivity contribution in [3.05, 3.63) is 41.7 Å². The smallest absolute Gasteiger partial charge is 0.326 e. The molecule has 2 fully saturated rings. The van der Waals surface area contributed by atoms with Crippen LogP contribution in [-0.4, -0.2) is 26.0 Å². The second-order valence-corrected chi connectivity index (χ2v) is 7.87. The Labute approximate surface area is 143 Å². The topological polar surface area (TPSA) is 86.7 Å². The monoisotopic (exact) mass is 362 g/mol. The van der Waals surface area contributed by atoms with E-state index in [1.165, 1.54) is 6.07 Å². The molecule has 0 aromatic heterocycles. The standard InChI is InChI=1S/C17H15FN2O4S/c18-16-13-7-11(4-3-10-1-2-10)5-6-12(13)8-14(21)17(16)20-9-15(22)19-25(20,23)24/h3-8,10,21H,1-2,9H2,(H,19,22)/b4-3+. The lowest BCUT2D eigenvalue weighted by molar-refractivity contribution is -0.117. The molecule has 130 valence electrons. The molecule has 0 atom stereocenters. The summed E-state index contributed by atoms with van der Waals surface area (Å²) in [5.41, 5.74) is 0.266. The number of phenolic OH excluding ortho intramolecular Hbond substituents is 1. The minimum Gasteiger partial charge on any atom is -0.506 e. The predicted molar refractivity (Wildman–Crippen MR) is 91.7 cm³/mol. The normalized spacial score (nSPS) is 19.7. The van der Waals surface area contributed by atoms with Gasteiger partial charge in [0, 0.05) is 5.39 Å². The first-order valence-corrected chi connectivity index (χ1v) is 9.26. The number of nitrogens with zero attached hydrogens (tertiary/aromatic N) is 1. The molecule has 2 aromatic rings. The number of hydrogen-bond donors (Lipinski definition) is 2. The number of halogens is 1. The third-order valence-electron chi connectivity index (χ3n) is 4.31. The predicted octanol–water partition coefficient (Wildman–Crippen LogP) is 2.29. The fraction of sp³-hybridized carbons (Fsp3) is 0.235. The molecule has 2 aromatic carbocycles. The van der Waals surface area contributed by atoms with Crippen molar-refractivity contribution in [3.63, 3.8) is 0 Å². The number of aromatic hydroxyl groups is 1. The Bertz CT molecular complexity index is 1030. The Hall–Kier alpha value is -2.61. The zero-order chi connectivity index (χ0) is 17.8. The van der Waals surface area contributed by atoms with Crippen molar-refractivity contribution in [2.24, 2.45) is 5.92 Å². The fourth-order valence-corrected chi connectivity index (χ4v) is 4.03. The van der Waals surface area contributed by atoms with Crippen LogP contribution in [-0.2, 0) is 15.0 Å². The number of rotatable bonds is 3. The number of carbonyl (C=O) groups excluding carboxylic acids is 1. The van der Waals surface area contributed by atoms with Crippen LogP contribution in [0, 0.1) is 11.7 Å². The zero-order valence-corrected chi connectivity index (χ0v) is 13.9. The molecule has 2 aliphatic rings. The first kappa shape index (κ1) is 15.9. The summed E-state index contributed by atoms with van der Waals surface area (Å²) in [7, 11) is -4.21. The summed E-state index contributed by atoms with van der Waals surface area (Å²) in [6.45, 7) is -0.570. The summed E-state index contributed by atoms with van der Waals surface area (Å²) >= 11 is 0. The van der Waals surface area contributed by atoms with Crippen molar-refractivity contribution in [1.29, 1.82) is 0 Å². The largest absolute Gasteiger partial charge is 0.506 e. The van der Waals surface area contributed by atoms with E-state index in [2.05, 4.69) is 6.08 Å². The summed E-state index contributed by atoms with van der Waals surface area (Å²) in [6, 6.07) is 6.36. The number of carbonyl (C=O) groups is 1. The van der Waals surface area contributed by atoms with Gasteiger partial charge < -0.3 is 5.11 Å². The van der Waals surface area contributed by atoms with Crippen molar-refractivity contribution in [3.8, 4) is 5.75 Å². The minimum atomic E-state index is -4.21. The number of allylic oxidation sites excluding steroid dienone is 1. The zero-order valence-electron chi connectivity index (χ0n) is 13.1. The Kier molecular flexibility index (Phi) is 3.47. The molecule has 0 radical (unpaired) electrons. The summed E-state index contributed by atoms with van der Waals surface area (Å²) in [5.74, 6) is -1.62. The fourth-order valence-electron chi connectivity index (χ4n) is 2.87. The number of hydrogen-bond acceptors (Lipinski definition) is 4. The molecular formula is C17H15FN2O4S. The van der Waals surface area contributed by atoms with E-state index in [-0.39, 0.29) is 5.39 Å². The molecule has 2 N–H and O–H groups in total. The molecule has 1 aliphatic heterocycles. The van der Waals surface area contributed by atoms with Gasteiger partial charge in [-0.25, -0.2) is 13.4 Å². The van der Waals surface area contributed by atoms with Gasteiger partial charge in [-0.1, -0.05) is 24.3 Å². The quantitative estimate of drug-likeness (QED) is 0.877. The molecule has 0 spiro atoms. The Balaban J connectivity index is 1.85. The van der Waals surface area contributed by atoms with Crippen LogP contribution in [0.2, 0.25) is 0 Å². The highest BCUT2D eigenvalue weighted by molar-refractivity contribution is 7.92. The molecule has 25 heavy (non-hydrogen) atoms. The van der Waals surface area contributed by atoms with Crippen LogP contribution < -0.4 is 9.03 Å². The number of phenols is 1. The molecule has 1 amide bonds. The molecule has 8 heteroatoms. The highest BCUT2D eigenvalue weighted by Gasteiger charge is 2.37. The molecule has 0 unspecified atom stereocenters. The van der Waals surface area contributed by atoms with Crippen molar-refractivity contribution in [2.45, 2.75) is 12.8 Å². The summed E-state index contributed by atoms with van der Waals surface area (Å²) < 4.78 is 41.3. The SMILES string of the molecule is O=C1CN(c2c(O)cc3ccc(/C=C/C4CC4)cc3c2F)S(=O)(=O)N1. The average molecular weight is 362 g/mol. The highest BCUT2D eigenvalue weighted by atomic mass is 32.2. The number of benzene rings is 2. The molecule has 0 bridgehead atoms. The van der Waals surface area contributed by atoms with Crippen LogP contribution in [0.1, 0.15) is 18.4 Å². The van der Waals surface area contributed by atoms with Crippen LogP contribution >= 0.6 is 0 Å². The molecule has 6 nitrogen and oxygen atoms in total. The van der Waals surface area contributed by atoms with Gasteiger partial charge in [-0.05, 0) is 41.8 Å². The van der Waals surface area contributed by atoms with Gasteiger partial charge in [0.05, 0.1) is 0 Å². The second kappa shape index (κ2) is 5.45. The summed E-state index contributed by atoms with van der Waals surface area (Å²) in [4.78, 5) is 11.4. The van der Waals surface area contributed by atoms with Crippen LogP contribution in [0.5, 0.6) is 5.75 Å². The highest BCUT2D eigenvalue weighted by Crippen LogP contribution is 2.39. The van der Waals surface area contributed by atoms with Gasteiger partial charge in [-0.15, -0.1) is 0 Å². The summed E-state index contributed by atoms with van der Waals surface area (Å²) in [6.07, 6.45) is 6.28. The van der Waals surface area contributed by atoms with Gasteiger partial charge in [0.1, 0.15) is 18.0 Å². The van der Waals surface area contributed by atoms with Gasteiger partial charge in [0.15, 0.2) is 5.82 Å². The van der Waals surface area contributed by atoms with E-state index in [0.29, 0.717) is 15.6 Å². The number of amides is 1. The third kappa shape index (κ3) is 2.82. The van der Waals surface area contributed by atoms with Crippen LogP contribution in [0.4, 0.5) is 10.1 Å². The van der Waals surface area contributed by atoms with Crippen molar-refractivity contribution >= 4 is 38.7 Å². The van der Waals surface area contributed by atoms with E-state index in [9.17, 15) is 18.3 Å². The van der Waals surface area contributed by atoms with E-state index < -0.39 is 39.9 Å². The maximum atomic E-state index is 15.0. The van der Waals surface area contributed by atoms with Gasteiger partial charge >= 0.3 is 10.2 Å². The van der Waals surface area contributed by atoms with Gasteiger partial charge in [-0.3, -0.25) is 4.79 Å². The van der Waals surface area contributed by atoms with Crippen LogP contribution in [0.15, 0.2) is 30.3 Å². The minimum absolute atomic E-state index is 0.181.